The first-order chi connectivity index (χ1) is 18.1. The molecule has 0 radical (unpaired) electrons. The van der Waals surface area contributed by atoms with Gasteiger partial charge in [-0.3, -0.25) is 0 Å². The monoisotopic (exact) mass is 475 g/mol. The third-order valence-corrected chi connectivity index (χ3v) is 8.23. The van der Waals surface area contributed by atoms with Gasteiger partial charge in [0.05, 0.1) is 17.5 Å². The Balaban J connectivity index is 1.61. The Bertz CT molecular complexity index is 1990. The van der Waals surface area contributed by atoms with Crippen LogP contribution in [0.25, 0.3) is 60.7 Å². The van der Waals surface area contributed by atoms with E-state index in [-0.39, 0.29) is 5.41 Å². The van der Waals surface area contributed by atoms with Crippen LogP contribution >= 0.6 is 0 Å². The van der Waals surface area contributed by atoms with Crippen LogP contribution in [0.15, 0.2) is 120 Å². The fourth-order valence-corrected chi connectivity index (χ4v) is 6.65. The predicted molar refractivity (Wildman–Crippen MR) is 154 cm³/mol. The molecule has 2 heteroatoms. The summed E-state index contributed by atoms with van der Waals surface area (Å²) in [4.78, 5) is 0. The molecule has 1 aliphatic carbocycles. The zero-order valence-electron chi connectivity index (χ0n) is 20.8. The first kappa shape index (κ1) is 20.6. The van der Waals surface area contributed by atoms with Crippen molar-refractivity contribution in [3.63, 3.8) is 0 Å². The number of hydrogen-bond donors (Lipinski definition) is 0. The van der Waals surface area contributed by atoms with E-state index < -0.39 is 0 Å². The van der Waals surface area contributed by atoms with Crippen LogP contribution in [-0.2, 0) is 5.41 Å². The fourth-order valence-electron chi connectivity index (χ4n) is 6.65. The van der Waals surface area contributed by atoms with Crippen molar-refractivity contribution >= 4 is 32.4 Å². The molecule has 7 aromatic rings. The van der Waals surface area contributed by atoms with E-state index in [9.17, 15) is 0 Å². The molecular formula is C35H25NO. The van der Waals surface area contributed by atoms with Crippen molar-refractivity contribution in [1.82, 2.24) is 4.57 Å². The molecule has 8 rings (SSSR count). The van der Waals surface area contributed by atoms with Gasteiger partial charge < -0.3 is 8.98 Å². The highest BCUT2D eigenvalue weighted by Crippen LogP contribution is 2.56. The van der Waals surface area contributed by atoms with Crippen LogP contribution in [0, 0.1) is 0 Å². The lowest BCUT2D eigenvalue weighted by Gasteiger charge is -2.23. The van der Waals surface area contributed by atoms with E-state index in [2.05, 4.69) is 115 Å². The minimum Gasteiger partial charge on any atom is -0.464 e. The number of aromatic nitrogens is 1. The maximum Gasteiger partial charge on any atom is 0.133 e. The number of furan rings is 1. The summed E-state index contributed by atoms with van der Waals surface area (Å²) in [6, 6.07) is 39.4. The van der Waals surface area contributed by atoms with Crippen molar-refractivity contribution in [2.45, 2.75) is 19.3 Å². The molecule has 0 bridgehead atoms. The first-order valence-corrected chi connectivity index (χ1v) is 12.9. The van der Waals surface area contributed by atoms with Gasteiger partial charge in [-0.1, -0.05) is 92.7 Å². The molecule has 2 nitrogen and oxygen atoms in total. The lowest BCUT2D eigenvalue weighted by molar-refractivity contribution is 0.582. The molecule has 176 valence electrons. The smallest absolute Gasteiger partial charge is 0.133 e. The van der Waals surface area contributed by atoms with Gasteiger partial charge in [-0.05, 0) is 57.6 Å². The van der Waals surface area contributed by atoms with Crippen LogP contribution in [0.2, 0.25) is 0 Å². The Labute approximate surface area is 215 Å². The third-order valence-electron chi connectivity index (χ3n) is 8.23. The second-order valence-electron chi connectivity index (χ2n) is 10.6. The molecule has 0 amide bonds. The number of para-hydroxylation sites is 1. The molecule has 0 fully saturated rings. The zero-order valence-corrected chi connectivity index (χ0v) is 20.8. The molecule has 0 spiro atoms. The first-order valence-electron chi connectivity index (χ1n) is 12.9. The Kier molecular flexibility index (Phi) is 4.03. The second-order valence-corrected chi connectivity index (χ2v) is 10.6. The highest BCUT2D eigenvalue weighted by atomic mass is 16.3. The van der Waals surface area contributed by atoms with Gasteiger partial charge in [0.2, 0.25) is 0 Å². The summed E-state index contributed by atoms with van der Waals surface area (Å²) in [5, 5.41) is 6.56. The second kappa shape index (κ2) is 7.24. The Morgan fingerprint density at radius 2 is 1.32 bits per heavy atom. The molecule has 5 aromatic carbocycles. The molecule has 0 saturated carbocycles. The van der Waals surface area contributed by atoms with Crippen LogP contribution < -0.4 is 0 Å². The molecular weight excluding hydrogens is 450 g/mol. The topological polar surface area (TPSA) is 18.1 Å². The zero-order chi connectivity index (χ0) is 24.7. The summed E-state index contributed by atoms with van der Waals surface area (Å²) in [7, 11) is 0. The minimum absolute atomic E-state index is 0.184. The summed E-state index contributed by atoms with van der Waals surface area (Å²) >= 11 is 0. The summed E-state index contributed by atoms with van der Waals surface area (Å²) in [6.07, 6.45) is 1.75. The highest BCUT2D eigenvalue weighted by molar-refractivity contribution is 6.27. The number of fused-ring (bicyclic) bond motifs is 10. The number of benzene rings is 5. The van der Waals surface area contributed by atoms with Crippen molar-refractivity contribution in [3.05, 3.63) is 127 Å². The van der Waals surface area contributed by atoms with Crippen molar-refractivity contribution in [2.75, 3.05) is 0 Å². The van der Waals surface area contributed by atoms with Gasteiger partial charge >= 0.3 is 0 Å². The average molecular weight is 476 g/mol. The van der Waals surface area contributed by atoms with Crippen molar-refractivity contribution in [3.8, 4) is 28.3 Å². The lowest BCUT2D eigenvalue weighted by atomic mass is 9.80. The number of rotatable bonds is 2. The van der Waals surface area contributed by atoms with Gasteiger partial charge in [0, 0.05) is 33.0 Å². The summed E-state index contributed by atoms with van der Waals surface area (Å²) in [6.45, 7) is 4.75. The van der Waals surface area contributed by atoms with Crippen molar-refractivity contribution < 1.29 is 4.42 Å². The van der Waals surface area contributed by atoms with Crippen LogP contribution in [-0.4, -0.2) is 4.57 Å². The number of hydrogen-bond acceptors (Lipinski definition) is 1. The molecule has 2 aromatic heterocycles. The lowest BCUT2D eigenvalue weighted by Crippen LogP contribution is -2.15. The molecule has 0 atom stereocenters. The highest BCUT2D eigenvalue weighted by Gasteiger charge is 2.42. The maximum atomic E-state index is 5.77. The quantitative estimate of drug-likeness (QED) is 0.228. The molecule has 37 heavy (non-hydrogen) atoms. The fraction of sp³-hybridized carbons (Fsp3) is 0.0857. The van der Waals surface area contributed by atoms with Gasteiger partial charge in [0.1, 0.15) is 5.76 Å². The van der Waals surface area contributed by atoms with Crippen molar-refractivity contribution in [1.29, 1.82) is 0 Å². The largest absolute Gasteiger partial charge is 0.464 e. The van der Waals surface area contributed by atoms with Crippen LogP contribution in [0.5, 0.6) is 0 Å². The SMILES string of the molecule is CC1(C)c2cc(-c3ccco3)ccc2-c2c1c1c3ccccc3c3ccccc3c1n2-c1ccccc1. The van der Waals surface area contributed by atoms with E-state index in [4.69, 9.17) is 4.42 Å². The maximum absolute atomic E-state index is 5.77. The summed E-state index contributed by atoms with van der Waals surface area (Å²) in [5.74, 6) is 0.905. The van der Waals surface area contributed by atoms with Gasteiger partial charge in [-0.2, -0.15) is 0 Å². The van der Waals surface area contributed by atoms with Crippen LogP contribution in [0.4, 0.5) is 0 Å². The molecule has 0 N–H and O–H groups in total. The minimum atomic E-state index is -0.184. The van der Waals surface area contributed by atoms with Crippen LogP contribution in [0.3, 0.4) is 0 Å². The van der Waals surface area contributed by atoms with E-state index in [1.807, 2.05) is 12.1 Å². The molecule has 0 aliphatic heterocycles. The van der Waals surface area contributed by atoms with Gasteiger partial charge in [0.15, 0.2) is 0 Å². The van der Waals surface area contributed by atoms with E-state index in [1.165, 1.54) is 60.5 Å². The predicted octanol–water partition coefficient (Wildman–Crippen LogP) is 9.50. The standard InChI is InChI=1S/C35H25NO/c1-35(2)29-21-22(30-17-10-20-37-30)18-19-28(29)34-32(35)31-26-15-8-6-13-24(26)25-14-7-9-16-27(25)33(31)36(34)23-11-4-3-5-12-23/h3-21H,1-2H3. The van der Waals surface area contributed by atoms with Gasteiger partial charge in [-0.15, -0.1) is 0 Å². The third kappa shape index (κ3) is 2.65. The van der Waals surface area contributed by atoms with Crippen LogP contribution in [0.1, 0.15) is 25.0 Å². The Morgan fingerprint density at radius 3 is 2.05 bits per heavy atom. The summed E-state index contributed by atoms with van der Waals surface area (Å²) < 4.78 is 8.28. The van der Waals surface area contributed by atoms with Crippen molar-refractivity contribution in [2.24, 2.45) is 0 Å². The van der Waals surface area contributed by atoms with E-state index in [0.717, 1.165) is 11.3 Å². The molecule has 0 saturated heterocycles. The van der Waals surface area contributed by atoms with Gasteiger partial charge in [-0.25, -0.2) is 0 Å². The summed E-state index contributed by atoms with van der Waals surface area (Å²) in [5.41, 5.74) is 8.75. The Hall–Kier alpha value is -4.56. The van der Waals surface area contributed by atoms with E-state index in [1.54, 1.807) is 6.26 Å². The number of nitrogens with zero attached hydrogens (tertiary/aromatic N) is 1. The molecule has 2 heterocycles. The Morgan fingerprint density at radius 1 is 0.649 bits per heavy atom. The molecule has 1 aliphatic rings. The van der Waals surface area contributed by atoms with E-state index >= 15 is 0 Å². The molecule has 0 unspecified atom stereocenters. The average Bonchev–Trinajstić information content (AvgIpc) is 3.65. The normalized spacial score (nSPS) is 13.9. The van der Waals surface area contributed by atoms with E-state index in [0.29, 0.717) is 0 Å². The van der Waals surface area contributed by atoms with Gasteiger partial charge in [0.25, 0.3) is 0 Å².